The molecule has 0 radical (unpaired) electrons. The molecule has 4 heteroatoms. The average molecular weight is 268 g/mol. The molecule has 0 saturated heterocycles. The molecule has 2 atom stereocenters. The minimum Gasteiger partial charge on any atom is -0.497 e. The number of hydrogen-bond donors (Lipinski definition) is 1. The largest absolute Gasteiger partial charge is 0.497 e. The number of benzene rings is 1. The molecule has 1 amide bonds. The lowest BCUT2D eigenvalue weighted by Gasteiger charge is -2.16. The summed E-state index contributed by atoms with van der Waals surface area (Å²) < 4.78 is 5.07. The normalized spacial score (nSPS) is 17.9. The van der Waals surface area contributed by atoms with Crippen LogP contribution in [0.3, 0.4) is 0 Å². The number of alkyl halides is 1. The standard InChI is InChI=1S/C14H18ClNO2/c1-9(10-3-4-10)16-14(17)13(15)11-5-7-12(18-2)8-6-11/h5-10,13H,3-4H2,1-2H3,(H,16,17). The van der Waals surface area contributed by atoms with Crippen LogP contribution in [-0.2, 0) is 4.79 Å². The Labute approximate surface area is 112 Å². The van der Waals surface area contributed by atoms with Gasteiger partial charge in [-0.2, -0.15) is 0 Å². The van der Waals surface area contributed by atoms with Crippen molar-refractivity contribution in [3.8, 4) is 5.75 Å². The number of carbonyl (C=O) groups excluding carboxylic acids is 1. The Bertz CT molecular complexity index is 414. The number of amides is 1. The first-order valence-corrected chi connectivity index (χ1v) is 6.64. The van der Waals surface area contributed by atoms with Crippen LogP contribution in [0.15, 0.2) is 24.3 Å². The van der Waals surface area contributed by atoms with E-state index < -0.39 is 5.38 Å². The van der Waals surface area contributed by atoms with Gasteiger partial charge in [-0.05, 0) is 43.4 Å². The number of ether oxygens (including phenoxy) is 1. The summed E-state index contributed by atoms with van der Waals surface area (Å²) in [4.78, 5) is 12.0. The maximum Gasteiger partial charge on any atom is 0.242 e. The lowest BCUT2D eigenvalue weighted by Crippen LogP contribution is -2.36. The van der Waals surface area contributed by atoms with E-state index in [9.17, 15) is 4.79 Å². The number of carbonyl (C=O) groups is 1. The van der Waals surface area contributed by atoms with Crippen molar-refractivity contribution in [3.63, 3.8) is 0 Å². The molecular weight excluding hydrogens is 250 g/mol. The van der Waals surface area contributed by atoms with Gasteiger partial charge in [0.1, 0.15) is 11.1 Å². The monoisotopic (exact) mass is 267 g/mol. The fraction of sp³-hybridized carbons (Fsp3) is 0.500. The van der Waals surface area contributed by atoms with Crippen molar-refractivity contribution in [2.45, 2.75) is 31.2 Å². The van der Waals surface area contributed by atoms with E-state index in [2.05, 4.69) is 5.32 Å². The van der Waals surface area contributed by atoms with Crippen molar-refractivity contribution in [1.82, 2.24) is 5.32 Å². The Hall–Kier alpha value is -1.22. The molecule has 3 nitrogen and oxygen atoms in total. The number of halogens is 1. The highest BCUT2D eigenvalue weighted by molar-refractivity contribution is 6.30. The third-order valence-corrected chi connectivity index (χ3v) is 3.79. The zero-order valence-corrected chi connectivity index (χ0v) is 11.4. The molecule has 1 N–H and O–H groups in total. The first-order valence-electron chi connectivity index (χ1n) is 6.20. The molecule has 18 heavy (non-hydrogen) atoms. The first-order chi connectivity index (χ1) is 8.61. The molecule has 2 rings (SSSR count). The third-order valence-electron chi connectivity index (χ3n) is 3.34. The Morgan fingerprint density at radius 3 is 2.50 bits per heavy atom. The molecule has 98 valence electrons. The highest BCUT2D eigenvalue weighted by atomic mass is 35.5. The van der Waals surface area contributed by atoms with Crippen molar-refractivity contribution in [2.24, 2.45) is 5.92 Å². The number of rotatable bonds is 5. The Kier molecular flexibility index (Phi) is 4.12. The molecule has 0 spiro atoms. The molecule has 1 aromatic rings. The van der Waals surface area contributed by atoms with Crippen molar-refractivity contribution >= 4 is 17.5 Å². The van der Waals surface area contributed by atoms with Gasteiger partial charge in [-0.15, -0.1) is 11.6 Å². The molecule has 0 bridgehead atoms. The lowest BCUT2D eigenvalue weighted by molar-refractivity contribution is -0.121. The van der Waals surface area contributed by atoms with Crippen LogP contribution in [0.25, 0.3) is 0 Å². The Morgan fingerprint density at radius 2 is 2.00 bits per heavy atom. The van der Waals surface area contributed by atoms with Gasteiger partial charge in [0.05, 0.1) is 7.11 Å². The van der Waals surface area contributed by atoms with Gasteiger partial charge in [-0.3, -0.25) is 4.79 Å². The molecular formula is C14H18ClNO2. The van der Waals surface area contributed by atoms with Gasteiger partial charge in [0.15, 0.2) is 0 Å². The molecule has 1 aromatic carbocycles. The first kappa shape index (κ1) is 13.2. The fourth-order valence-electron chi connectivity index (χ4n) is 1.94. The highest BCUT2D eigenvalue weighted by Gasteiger charge is 2.30. The minimum atomic E-state index is -0.642. The minimum absolute atomic E-state index is 0.124. The second-order valence-electron chi connectivity index (χ2n) is 4.77. The van der Waals surface area contributed by atoms with Gasteiger partial charge >= 0.3 is 0 Å². The number of methoxy groups -OCH3 is 1. The quantitative estimate of drug-likeness (QED) is 0.833. The topological polar surface area (TPSA) is 38.3 Å². The maximum atomic E-state index is 12.0. The molecule has 0 heterocycles. The molecule has 1 fully saturated rings. The Morgan fingerprint density at radius 1 is 1.39 bits per heavy atom. The summed E-state index contributed by atoms with van der Waals surface area (Å²) in [6.45, 7) is 2.03. The van der Waals surface area contributed by atoms with Gasteiger partial charge < -0.3 is 10.1 Å². The second kappa shape index (κ2) is 5.61. The van der Waals surface area contributed by atoms with Crippen molar-refractivity contribution in [1.29, 1.82) is 0 Å². The Balaban J connectivity index is 1.95. The molecule has 1 aliphatic rings. The predicted octanol–water partition coefficient (Wildman–Crippen LogP) is 2.89. The number of hydrogen-bond acceptors (Lipinski definition) is 2. The lowest BCUT2D eigenvalue weighted by atomic mass is 10.1. The molecule has 2 unspecified atom stereocenters. The van der Waals surface area contributed by atoms with E-state index in [-0.39, 0.29) is 11.9 Å². The molecule has 0 aliphatic heterocycles. The summed E-state index contributed by atoms with van der Waals surface area (Å²) in [5.41, 5.74) is 0.790. The van der Waals surface area contributed by atoms with Gasteiger partial charge in [0, 0.05) is 6.04 Å². The van der Waals surface area contributed by atoms with Crippen LogP contribution in [0.4, 0.5) is 0 Å². The second-order valence-corrected chi connectivity index (χ2v) is 5.21. The van der Waals surface area contributed by atoms with Gasteiger partial charge in [-0.25, -0.2) is 0 Å². The SMILES string of the molecule is COc1ccc(C(Cl)C(=O)NC(C)C2CC2)cc1. The molecule has 1 aliphatic carbocycles. The van der Waals surface area contributed by atoms with Gasteiger partial charge in [0.25, 0.3) is 0 Å². The maximum absolute atomic E-state index is 12.0. The zero-order chi connectivity index (χ0) is 13.1. The van der Waals surface area contributed by atoms with Crippen LogP contribution in [0.1, 0.15) is 30.7 Å². The summed E-state index contributed by atoms with van der Waals surface area (Å²) in [6.07, 6.45) is 2.41. The van der Waals surface area contributed by atoms with Crippen LogP contribution < -0.4 is 10.1 Å². The van der Waals surface area contributed by atoms with Gasteiger partial charge in [0.2, 0.25) is 5.91 Å². The van der Waals surface area contributed by atoms with Crippen molar-refractivity contribution < 1.29 is 9.53 Å². The fourth-order valence-corrected chi connectivity index (χ4v) is 2.14. The van der Waals surface area contributed by atoms with Crippen LogP contribution >= 0.6 is 11.6 Å². The van der Waals surface area contributed by atoms with Gasteiger partial charge in [-0.1, -0.05) is 12.1 Å². The van der Waals surface area contributed by atoms with E-state index in [0.29, 0.717) is 5.92 Å². The van der Waals surface area contributed by atoms with E-state index in [0.717, 1.165) is 11.3 Å². The third kappa shape index (κ3) is 3.16. The van der Waals surface area contributed by atoms with E-state index >= 15 is 0 Å². The number of nitrogens with one attached hydrogen (secondary N) is 1. The predicted molar refractivity (Wildman–Crippen MR) is 71.9 cm³/mol. The summed E-state index contributed by atoms with van der Waals surface area (Å²) in [6, 6.07) is 7.47. The van der Waals surface area contributed by atoms with E-state index in [1.807, 2.05) is 31.2 Å². The van der Waals surface area contributed by atoms with Crippen molar-refractivity contribution in [3.05, 3.63) is 29.8 Å². The van der Waals surface area contributed by atoms with Crippen LogP contribution in [0.5, 0.6) is 5.75 Å². The summed E-state index contributed by atoms with van der Waals surface area (Å²) in [7, 11) is 1.61. The van der Waals surface area contributed by atoms with Crippen LogP contribution in [0, 0.1) is 5.92 Å². The average Bonchev–Trinajstić information content (AvgIpc) is 3.22. The summed E-state index contributed by atoms with van der Waals surface area (Å²) in [5.74, 6) is 1.27. The zero-order valence-electron chi connectivity index (χ0n) is 10.7. The van der Waals surface area contributed by atoms with Crippen LogP contribution in [-0.4, -0.2) is 19.1 Å². The molecule has 1 saturated carbocycles. The van der Waals surface area contributed by atoms with E-state index in [4.69, 9.17) is 16.3 Å². The summed E-state index contributed by atoms with van der Waals surface area (Å²) in [5, 5.41) is 2.32. The highest BCUT2D eigenvalue weighted by Crippen LogP contribution is 2.33. The van der Waals surface area contributed by atoms with E-state index in [1.54, 1.807) is 7.11 Å². The van der Waals surface area contributed by atoms with Crippen LogP contribution in [0.2, 0.25) is 0 Å². The van der Waals surface area contributed by atoms with E-state index in [1.165, 1.54) is 12.8 Å². The summed E-state index contributed by atoms with van der Waals surface area (Å²) >= 11 is 6.17. The molecule has 0 aromatic heterocycles. The smallest absolute Gasteiger partial charge is 0.242 e. The van der Waals surface area contributed by atoms with Crippen molar-refractivity contribution in [2.75, 3.05) is 7.11 Å².